The fourth-order valence-corrected chi connectivity index (χ4v) is 9.42. The Kier molecular flexibility index (Phi) is 12.0. The number of carbonyl (C=O) groups is 2. The first-order valence-corrected chi connectivity index (χ1v) is 18.3. The maximum absolute atomic E-state index is 14.8. The van der Waals surface area contributed by atoms with Crippen molar-refractivity contribution in [1.29, 1.82) is 0 Å². The molecule has 0 radical (unpaired) electrons. The maximum Gasteiger partial charge on any atom is 0.313 e. The van der Waals surface area contributed by atoms with E-state index in [9.17, 15) is 29.9 Å². The van der Waals surface area contributed by atoms with Crippen LogP contribution in [-0.4, -0.2) is 56.6 Å². The summed E-state index contributed by atoms with van der Waals surface area (Å²) in [6.45, 7) is 26.3. The van der Waals surface area contributed by atoms with Crippen LogP contribution in [0.15, 0.2) is 48.5 Å². The number of carbonyl (C=O) groups excluding carboxylic acids is 1. The Hall–Kier alpha value is -4.05. The van der Waals surface area contributed by atoms with Crippen molar-refractivity contribution < 1.29 is 34.0 Å². The summed E-state index contributed by atoms with van der Waals surface area (Å²) < 4.78 is 8.38. The van der Waals surface area contributed by atoms with Crippen molar-refractivity contribution in [3.8, 4) is 5.75 Å². The van der Waals surface area contributed by atoms with E-state index in [1.165, 1.54) is 18.2 Å². The number of benzene rings is 2. The smallest absolute Gasteiger partial charge is 0.313 e. The summed E-state index contributed by atoms with van der Waals surface area (Å²) in [4.78, 5) is 38.4. The number of fused-ring (bicyclic) bond motifs is 1. The molecule has 3 rings (SSSR count). The van der Waals surface area contributed by atoms with Crippen molar-refractivity contribution >= 4 is 35.1 Å². The van der Waals surface area contributed by atoms with Gasteiger partial charge in [0.2, 0.25) is 5.69 Å². The van der Waals surface area contributed by atoms with Gasteiger partial charge in [-0.15, -0.1) is 0 Å². The Morgan fingerprint density at radius 1 is 1.02 bits per heavy atom. The number of phenolic OH excluding ortho intramolecular Hbond substituents is 1. The van der Waals surface area contributed by atoms with E-state index in [1.807, 2.05) is 100 Å². The molecule has 0 aromatic heterocycles. The average molecular weight is 721 g/mol. The zero-order valence-corrected chi connectivity index (χ0v) is 33.6. The van der Waals surface area contributed by atoms with Crippen LogP contribution in [-0.2, 0) is 19.7 Å². The molecule has 2 aromatic carbocycles. The van der Waals surface area contributed by atoms with Crippen molar-refractivity contribution in [1.82, 2.24) is 0 Å². The highest BCUT2D eigenvalue weighted by atomic mass is 16.6. The summed E-state index contributed by atoms with van der Waals surface area (Å²) in [5, 5.41) is 32.3. The van der Waals surface area contributed by atoms with Crippen LogP contribution in [0.1, 0.15) is 114 Å². The van der Waals surface area contributed by atoms with Crippen LogP contribution in [0.3, 0.4) is 0 Å². The van der Waals surface area contributed by atoms with Gasteiger partial charge in [-0.3, -0.25) is 19.7 Å². The van der Waals surface area contributed by atoms with Gasteiger partial charge >= 0.3 is 11.9 Å². The fourth-order valence-electron chi connectivity index (χ4n) is 9.42. The monoisotopic (exact) mass is 720 g/mol. The number of aromatic hydroxyl groups is 1. The van der Waals surface area contributed by atoms with Gasteiger partial charge in [-0.25, -0.2) is 0 Å². The molecule has 10 nitrogen and oxygen atoms in total. The third-order valence-corrected chi connectivity index (χ3v) is 12.4. The van der Waals surface area contributed by atoms with Gasteiger partial charge in [-0.2, -0.15) is 4.58 Å². The highest BCUT2D eigenvalue weighted by Gasteiger charge is 2.62. The van der Waals surface area contributed by atoms with Crippen LogP contribution in [0, 0.1) is 43.1 Å². The van der Waals surface area contributed by atoms with E-state index in [-0.39, 0.29) is 30.1 Å². The molecular weight excluding hydrogens is 658 g/mol. The Bertz CT molecular complexity index is 1750. The Labute approximate surface area is 310 Å². The van der Waals surface area contributed by atoms with E-state index in [4.69, 9.17) is 10.5 Å². The molecule has 2 aromatic rings. The largest absolute Gasteiger partial charge is 0.507 e. The number of aliphatic carboxylic acids is 1. The van der Waals surface area contributed by atoms with Crippen LogP contribution in [0.4, 0.5) is 11.4 Å². The van der Waals surface area contributed by atoms with E-state index in [1.54, 1.807) is 6.08 Å². The Morgan fingerprint density at radius 3 is 2.13 bits per heavy atom. The number of hydrogen-bond donors (Lipinski definition) is 3. The number of rotatable bonds is 15. The lowest BCUT2D eigenvalue weighted by atomic mass is 9.46. The first kappa shape index (κ1) is 42.4. The van der Waals surface area contributed by atoms with Crippen molar-refractivity contribution in [2.45, 2.75) is 114 Å². The van der Waals surface area contributed by atoms with Gasteiger partial charge in [0, 0.05) is 41.4 Å². The minimum absolute atomic E-state index is 0.0518. The number of carboxylic acid groups (broad SMARTS) is 1. The predicted octanol–water partition coefficient (Wildman–Crippen LogP) is 8.89. The Morgan fingerprint density at radius 2 is 1.62 bits per heavy atom. The Balaban J connectivity index is 2.07. The summed E-state index contributed by atoms with van der Waals surface area (Å²) in [5.74, 6) is -2.00. The van der Waals surface area contributed by atoms with Crippen LogP contribution in [0.25, 0.3) is 6.08 Å². The highest BCUT2D eigenvalue weighted by molar-refractivity contribution is 6.05. The van der Waals surface area contributed by atoms with Crippen molar-refractivity contribution in [3.05, 3.63) is 69.8 Å². The number of esters is 1. The molecule has 0 fully saturated rings. The maximum atomic E-state index is 14.8. The lowest BCUT2D eigenvalue weighted by Crippen LogP contribution is -2.61. The fraction of sp³-hybridized carbons (Fsp3) is 0.595. The number of nitro groups is 1. The molecule has 0 saturated carbocycles. The normalized spacial score (nSPS) is 18.3. The third-order valence-electron chi connectivity index (χ3n) is 12.4. The van der Waals surface area contributed by atoms with Crippen molar-refractivity contribution in [2.24, 2.45) is 38.7 Å². The van der Waals surface area contributed by atoms with E-state index >= 15 is 0 Å². The van der Waals surface area contributed by atoms with E-state index in [0.717, 1.165) is 17.0 Å². The number of ether oxygens (including phenoxy) is 1. The van der Waals surface area contributed by atoms with Crippen LogP contribution in [0.5, 0.6) is 5.75 Å². The molecule has 0 saturated heterocycles. The number of para-hydroxylation sites is 1. The first-order valence-electron chi connectivity index (χ1n) is 18.3. The summed E-state index contributed by atoms with van der Waals surface area (Å²) in [6, 6.07) is 11.5. The number of hydrogen-bond acceptors (Lipinski definition) is 7. The van der Waals surface area contributed by atoms with Crippen LogP contribution in [0.2, 0.25) is 0 Å². The van der Waals surface area contributed by atoms with Gasteiger partial charge < -0.3 is 20.7 Å². The van der Waals surface area contributed by atoms with E-state index in [2.05, 4.69) is 24.5 Å². The molecule has 0 bridgehead atoms. The number of non-ortho nitro benzene ring substituents is 1. The minimum atomic E-state index is -1.12. The van der Waals surface area contributed by atoms with Crippen molar-refractivity contribution in [3.63, 3.8) is 0 Å². The number of nitrogens with zero attached hydrogens (tertiary/aromatic N) is 2. The number of phenols is 1. The average Bonchev–Trinajstić information content (AvgIpc) is 3.22. The summed E-state index contributed by atoms with van der Waals surface area (Å²) in [7, 11) is 0. The predicted molar refractivity (Wildman–Crippen MR) is 207 cm³/mol. The number of carboxylic acids is 1. The molecule has 4 unspecified atom stereocenters. The van der Waals surface area contributed by atoms with Crippen LogP contribution >= 0.6 is 0 Å². The van der Waals surface area contributed by atoms with Gasteiger partial charge in [0.25, 0.3) is 5.69 Å². The second-order valence-electron chi connectivity index (χ2n) is 18.0. The van der Waals surface area contributed by atoms with Gasteiger partial charge in [0.05, 0.1) is 21.7 Å². The number of nitro benzene ring substituents is 1. The van der Waals surface area contributed by atoms with Gasteiger partial charge in [-0.05, 0) is 74.3 Å². The topological polar surface area (TPSA) is 156 Å². The summed E-state index contributed by atoms with van der Waals surface area (Å²) in [5.41, 5.74) is 5.55. The zero-order chi connectivity index (χ0) is 39.8. The second kappa shape index (κ2) is 14.8. The molecule has 0 aliphatic carbocycles. The lowest BCUT2D eigenvalue weighted by molar-refractivity contribution is -0.441. The highest BCUT2D eigenvalue weighted by Crippen LogP contribution is 2.60. The summed E-state index contributed by atoms with van der Waals surface area (Å²) in [6.07, 6.45) is 4.56. The second-order valence-corrected chi connectivity index (χ2v) is 18.0. The van der Waals surface area contributed by atoms with Crippen LogP contribution < -0.4 is 5.73 Å². The minimum Gasteiger partial charge on any atom is -0.507 e. The zero-order valence-electron chi connectivity index (χ0n) is 33.6. The van der Waals surface area contributed by atoms with E-state index in [0.29, 0.717) is 24.9 Å². The van der Waals surface area contributed by atoms with Gasteiger partial charge in [0.15, 0.2) is 18.9 Å². The molecule has 52 heavy (non-hydrogen) atoms. The number of allylic oxidation sites excluding steroid dienone is 1. The molecule has 286 valence electrons. The molecule has 1 aliphatic rings. The standard InChI is InChI=1S/C42H61N3O7/c1-14-41(12,27(2)43)42(13,39(8,9)26-38(6,7)34(35(47)48)37(3,4)5)36(49)52-24-23-44-31-18-16-15-17-30(31)40(10,11)33(44)22-19-28-25-29(45(50)51)20-21-32(28)46/h15-22,25,27,34H,14,23-24,26,43H2,1-13H3,(H,47,48)/p+1. The molecule has 10 heteroatoms. The third kappa shape index (κ3) is 7.68. The lowest BCUT2D eigenvalue weighted by Gasteiger charge is -2.57. The SMILES string of the molecule is CCC(C)(C(C)N)C(C)(C(=O)OCC[N+]1=C(/C=C/c2cc([N+](=O)[O-])ccc2O)C(C)(C)c2ccccc21)C(C)(C)CC(C)(C)C(C(=O)O)C(C)(C)C. The van der Waals surface area contributed by atoms with Crippen molar-refractivity contribution in [2.75, 3.05) is 13.2 Å². The molecule has 0 amide bonds. The summed E-state index contributed by atoms with van der Waals surface area (Å²) >= 11 is 0. The van der Waals surface area contributed by atoms with E-state index < -0.39 is 49.3 Å². The number of nitrogens with two attached hydrogens (primary N) is 1. The quantitative estimate of drug-likeness (QED) is 0.0713. The molecule has 0 spiro atoms. The van der Waals surface area contributed by atoms with Gasteiger partial charge in [-0.1, -0.05) is 80.5 Å². The molecule has 4 N–H and O–H groups in total. The molecule has 1 heterocycles. The molecular formula is C42H62N3O7+. The van der Waals surface area contributed by atoms with Gasteiger partial charge in [0.1, 0.15) is 5.75 Å². The molecule has 4 atom stereocenters. The molecule has 1 aliphatic heterocycles. The first-order chi connectivity index (χ1) is 23.7.